The Labute approximate surface area is 137 Å². The predicted octanol–water partition coefficient (Wildman–Crippen LogP) is 2.80. The highest BCUT2D eigenvalue weighted by atomic mass is 15.3. The highest BCUT2D eigenvalue weighted by molar-refractivity contribution is 5.34. The molecule has 3 nitrogen and oxygen atoms in total. The zero-order valence-electron chi connectivity index (χ0n) is 13.2. The van der Waals surface area contributed by atoms with Crippen LogP contribution in [0.2, 0.25) is 0 Å². The van der Waals surface area contributed by atoms with Crippen LogP contribution >= 0.6 is 0 Å². The lowest BCUT2D eigenvalue weighted by Gasteiger charge is -2.30. The molecule has 2 atom stereocenters. The molecule has 1 saturated heterocycles. The maximum atomic E-state index is 9.97. The number of fused-ring (bicyclic) bond motifs is 1. The third kappa shape index (κ3) is 2.45. The van der Waals surface area contributed by atoms with Gasteiger partial charge in [0.15, 0.2) is 0 Å². The van der Waals surface area contributed by atoms with Gasteiger partial charge in [0.2, 0.25) is 0 Å². The number of nitrogens with one attached hydrogen (secondary N) is 1. The average Bonchev–Trinajstić information content (AvgIpc) is 2.95. The summed E-state index contributed by atoms with van der Waals surface area (Å²) < 4.78 is 0. The monoisotopic (exact) mass is 303 g/mol. The van der Waals surface area contributed by atoms with Gasteiger partial charge in [0.1, 0.15) is 5.54 Å². The van der Waals surface area contributed by atoms with Crippen molar-refractivity contribution >= 4 is 0 Å². The van der Waals surface area contributed by atoms with E-state index in [9.17, 15) is 5.26 Å². The largest absolute Gasteiger partial charge is 0.316 e. The highest BCUT2D eigenvalue weighted by Crippen LogP contribution is 2.57. The van der Waals surface area contributed by atoms with Crippen LogP contribution in [0.25, 0.3) is 0 Å². The number of nitrogens with zero attached hydrogens (tertiary/aromatic N) is 2. The van der Waals surface area contributed by atoms with Crippen LogP contribution in [-0.2, 0) is 13.1 Å². The summed E-state index contributed by atoms with van der Waals surface area (Å²) in [6.45, 7) is 3.60. The van der Waals surface area contributed by atoms with Gasteiger partial charge < -0.3 is 5.32 Å². The molecule has 1 heterocycles. The van der Waals surface area contributed by atoms with Crippen LogP contribution in [0, 0.1) is 23.2 Å². The van der Waals surface area contributed by atoms with Crippen molar-refractivity contribution in [2.24, 2.45) is 11.8 Å². The van der Waals surface area contributed by atoms with Crippen LogP contribution in [0.15, 0.2) is 60.7 Å². The normalized spacial score (nSPS) is 28.3. The molecule has 2 aromatic rings. The smallest absolute Gasteiger partial charge is 0.118 e. The number of nitriles is 1. The molecule has 1 N–H and O–H groups in total. The number of benzene rings is 2. The fourth-order valence-electron chi connectivity index (χ4n) is 4.14. The van der Waals surface area contributed by atoms with E-state index in [4.69, 9.17) is 0 Å². The second-order valence-electron chi connectivity index (χ2n) is 6.64. The number of hydrogen-bond acceptors (Lipinski definition) is 3. The second kappa shape index (κ2) is 5.81. The van der Waals surface area contributed by atoms with Crippen molar-refractivity contribution in [1.29, 1.82) is 5.26 Å². The molecule has 3 heteroatoms. The molecule has 1 aliphatic carbocycles. The van der Waals surface area contributed by atoms with Gasteiger partial charge in [-0.15, -0.1) is 0 Å². The summed E-state index contributed by atoms with van der Waals surface area (Å²) in [5, 5.41) is 13.4. The van der Waals surface area contributed by atoms with E-state index in [0.717, 1.165) is 26.2 Å². The Balaban J connectivity index is 1.63. The molecular formula is C20H21N3. The van der Waals surface area contributed by atoms with Gasteiger partial charge in [0.25, 0.3) is 0 Å². The topological polar surface area (TPSA) is 39.1 Å². The van der Waals surface area contributed by atoms with E-state index in [-0.39, 0.29) is 5.54 Å². The first-order chi connectivity index (χ1) is 11.3. The third-order valence-electron chi connectivity index (χ3n) is 5.37. The number of piperidine rings is 1. The Kier molecular flexibility index (Phi) is 3.65. The van der Waals surface area contributed by atoms with E-state index >= 15 is 0 Å². The molecule has 0 amide bonds. The number of rotatable bonds is 5. The van der Waals surface area contributed by atoms with Gasteiger partial charge in [-0.1, -0.05) is 60.7 Å². The molecule has 2 fully saturated rings. The van der Waals surface area contributed by atoms with Crippen LogP contribution in [0.5, 0.6) is 0 Å². The Morgan fingerprint density at radius 2 is 1.39 bits per heavy atom. The van der Waals surface area contributed by atoms with E-state index in [0.29, 0.717) is 11.8 Å². The van der Waals surface area contributed by atoms with Crippen LogP contribution in [0.1, 0.15) is 11.1 Å². The maximum absolute atomic E-state index is 9.97. The molecule has 116 valence electrons. The van der Waals surface area contributed by atoms with Crippen molar-refractivity contribution in [2.75, 3.05) is 13.1 Å². The first-order valence-electron chi connectivity index (χ1n) is 8.29. The summed E-state index contributed by atoms with van der Waals surface area (Å²) in [7, 11) is 0. The molecule has 2 aromatic carbocycles. The Morgan fingerprint density at radius 3 is 1.83 bits per heavy atom. The Bertz CT molecular complexity index is 653. The molecule has 0 radical (unpaired) electrons. The van der Waals surface area contributed by atoms with Crippen molar-refractivity contribution in [2.45, 2.75) is 18.6 Å². The summed E-state index contributed by atoms with van der Waals surface area (Å²) in [6.07, 6.45) is 0. The van der Waals surface area contributed by atoms with Gasteiger partial charge in [0.05, 0.1) is 6.07 Å². The quantitative estimate of drug-likeness (QED) is 0.923. The molecule has 1 saturated carbocycles. The molecule has 4 rings (SSSR count). The molecule has 23 heavy (non-hydrogen) atoms. The molecule has 0 aromatic heterocycles. The van der Waals surface area contributed by atoms with Crippen LogP contribution in [-0.4, -0.2) is 23.5 Å². The third-order valence-corrected chi connectivity index (χ3v) is 5.37. The van der Waals surface area contributed by atoms with Crippen LogP contribution < -0.4 is 5.32 Å². The zero-order chi connectivity index (χ0) is 15.7. The van der Waals surface area contributed by atoms with Crippen molar-refractivity contribution in [3.63, 3.8) is 0 Å². The van der Waals surface area contributed by atoms with Gasteiger partial charge in [-0.25, -0.2) is 0 Å². The molecule has 2 aliphatic rings. The molecule has 0 bridgehead atoms. The average molecular weight is 303 g/mol. The molecule has 2 unspecified atom stereocenters. The van der Waals surface area contributed by atoms with E-state index in [1.165, 1.54) is 11.1 Å². The summed E-state index contributed by atoms with van der Waals surface area (Å²) in [6, 6.07) is 23.7. The molecular weight excluding hydrogens is 282 g/mol. The SMILES string of the molecule is N#CC1(N(Cc2ccccc2)Cc2ccccc2)C2CNCC21. The van der Waals surface area contributed by atoms with Crippen LogP contribution in [0.3, 0.4) is 0 Å². The van der Waals surface area contributed by atoms with Crippen LogP contribution in [0.4, 0.5) is 0 Å². The second-order valence-corrected chi connectivity index (χ2v) is 6.64. The van der Waals surface area contributed by atoms with E-state index < -0.39 is 0 Å². The Hall–Kier alpha value is -2.15. The summed E-state index contributed by atoms with van der Waals surface area (Å²) in [4.78, 5) is 2.40. The highest BCUT2D eigenvalue weighted by Gasteiger charge is 2.70. The molecule has 0 spiro atoms. The minimum absolute atomic E-state index is 0.295. The van der Waals surface area contributed by atoms with Crippen molar-refractivity contribution in [3.8, 4) is 6.07 Å². The first kappa shape index (κ1) is 14.4. The standard InChI is InChI=1S/C20H21N3/c21-15-20(18-11-22-12-19(18)20)23(13-16-7-3-1-4-8-16)14-17-9-5-2-6-10-17/h1-10,18-19,22H,11-14H2. The van der Waals surface area contributed by atoms with Crippen molar-refractivity contribution in [1.82, 2.24) is 10.2 Å². The van der Waals surface area contributed by atoms with Gasteiger partial charge in [0, 0.05) is 38.0 Å². The fourth-order valence-corrected chi connectivity index (χ4v) is 4.14. The van der Waals surface area contributed by atoms with Gasteiger partial charge in [-0.3, -0.25) is 4.90 Å². The van der Waals surface area contributed by atoms with Gasteiger partial charge >= 0.3 is 0 Å². The molecule has 1 aliphatic heterocycles. The lowest BCUT2D eigenvalue weighted by molar-refractivity contribution is 0.169. The first-order valence-corrected chi connectivity index (χ1v) is 8.29. The lowest BCUT2D eigenvalue weighted by atomic mass is 10.1. The van der Waals surface area contributed by atoms with E-state index in [1.54, 1.807) is 0 Å². The number of hydrogen-bond donors (Lipinski definition) is 1. The minimum Gasteiger partial charge on any atom is -0.316 e. The summed E-state index contributed by atoms with van der Waals surface area (Å²) in [5.41, 5.74) is 2.25. The van der Waals surface area contributed by atoms with Crippen molar-refractivity contribution < 1.29 is 0 Å². The minimum atomic E-state index is -0.295. The Morgan fingerprint density at radius 1 is 0.913 bits per heavy atom. The van der Waals surface area contributed by atoms with Gasteiger partial charge in [-0.05, 0) is 11.1 Å². The van der Waals surface area contributed by atoms with Gasteiger partial charge in [-0.2, -0.15) is 5.26 Å². The predicted molar refractivity (Wildman–Crippen MR) is 90.3 cm³/mol. The fraction of sp³-hybridized carbons (Fsp3) is 0.350. The van der Waals surface area contributed by atoms with E-state index in [1.807, 2.05) is 12.1 Å². The zero-order valence-corrected chi connectivity index (χ0v) is 13.2. The maximum Gasteiger partial charge on any atom is 0.118 e. The van der Waals surface area contributed by atoms with Crippen molar-refractivity contribution in [3.05, 3.63) is 71.8 Å². The summed E-state index contributed by atoms with van der Waals surface area (Å²) >= 11 is 0. The lowest BCUT2D eigenvalue weighted by Crippen LogP contribution is -2.42. The summed E-state index contributed by atoms with van der Waals surface area (Å²) in [5.74, 6) is 0.944. The van der Waals surface area contributed by atoms with E-state index in [2.05, 4.69) is 64.8 Å².